The summed E-state index contributed by atoms with van der Waals surface area (Å²) in [6, 6.07) is 5.52. The molecule has 0 spiro atoms. The van der Waals surface area contributed by atoms with E-state index in [1.165, 1.54) is 0 Å². The molecule has 5 heteroatoms. The Balaban J connectivity index is 2.30. The highest BCUT2D eigenvalue weighted by molar-refractivity contribution is 5.87. The second kappa shape index (κ2) is 8.30. The van der Waals surface area contributed by atoms with E-state index in [1.807, 2.05) is 43.5 Å². The zero-order valence-electron chi connectivity index (χ0n) is 16.2. The molecule has 0 unspecified atom stereocenters. The Labute approximate surface area is 155 Å². The van der Waals surface area contributed by atoms with Crippen LogP contribution in [0.4, 0.5) is 0 Å². The first kappa shape index (κ1) is 19.9. The van der Waals surface area contributed by atoms with Crippen LogP contribution in [0.25, 0.3) is 11.0 Å². The fourth-order valence-electron chi connectivity index (χ4n) is 2.97. The quantitative estimate of drug-likeness (QED) is 0.535. The predicted molar refractivity (Wildman–Crippen MR) is 105 cm³/mol. The van der Waals surface area contributed by atoms with Crippen molar-refractivity contribution in [1.82, 2.24) is 14.9 Å². The standard InChI is InChI=1S/C21H29N3O2/c1-6-8-12-24-17(14-25)13-16-9-10-18(23-19(16)24)15(3)22-20(26)21(4,5)11-7-2/h7,9-10,13-15H,2,6,8,11-12H2,1,3-5H3,(H,22,26)/t15-/m1/s1. The van der Waals surface area contributed by atoms with Gasteiger partial charge in [0.15, 0.2) is 6.29 Å². The van der Waals surface area contributed by atoms with E-state index in [-0.39, 0.29) is 11.9 Å². The van der Waals surface area contributed by atoms with E-state index in [2.05, 4.69) is 18.8 Å². The number of aromatic nitrogens is 2. The van der Waals surface area contributed by atoms with Gasteiger partial charge in [0.1, 0.15) is 5.65 Å². The van der Waals surface area contributed by atoms with Crippen LogP contribution in [0.2, 0.25) is 0 Å². The Hall–Kier alpha value is -2.43. The summed E-state index contributed by atoms with van der Waals surface area (Å²) >= 11 is 0. The van der Waals surface area contributed by atoms with Gasteiger partial charge in [0.2, 0.25) is 5.91 Å². The number of carbonyl (C=O) groups excluding carboxylic acids is 2. The van der Waals surface area contributed by atoms with Crippen LogP contribution in [-0.4, -0.2) is 21.7 Å². The number of pyridine rings is 1. The Bertz CT molecular complexity index is 805. The van der Waals surface area contributed by atoms with Crippen LogP contribution in [0, 0.1) is 5.41 Å². The lowest BCUT2D eigenvalue weighted by Gasteiger charge is -2.24. The molecule has 0 radical (unpaired) electrons. The van der Waals surface area contributed by atoms with Gasteiger partial charge in [-0.3, -0.25) is 9.59 Å². The zero-order chi connectivity index (χ0) is 19.3. The van der Waals surface area contributed by atoms with Crippen LogP contribution >= 0.6 is 0 Å². The number of allylic oxidation sites excluding steroid dienone is 1. The molecular formula is C21H29N3O2. The first-order chi connectivity index (χ1) is 12.3. The van der Waals surface area contributed by atoms with Crippen molar-refractivity contribution in [2.24, 2.45) is 5.41 Å². The van der Waals surface area contributed by atoms with Gasteiger partial charge in [-0.1, -0.05) is 33.3 Å². The lowest BCUT2D eigenvalue weighted by Crippen LogP contribution is -2.38. The summed E-state index contributed by atoms with van der Waals surface area (Å²) in [6.45, 7) is 12.3. The number of fused-ring (bicyclic) bond motifs is 1. The summed E-state index contributed by atoms with van der Waals surface area (Å²) in [6.07, 6.45) is 5.28. The molecule has 1 N–H and O–H groups in total. The minimum atomic E-state index is -0.508. The van der Waals surface area contributed by atoms with E-state index in [1.54, 1.807) is 6.08 Å². The second-order valence-corrected chi connectivity index (χ2v) is 7.41. The van der Waals surface area contributed by atoms with Gasteiger partial charge in [-0.2, -0.15) is 0 Å². The Kier molecular flexibility index (Phi) is 6.35. The first-order valence-electron chi connectivity index (χ1n) is 9.21. The van der Waals surface area contributed by atoms with E-state index >= 15 is 0 Å². The van der Waals surface area contributed by atoms with Gasteiger partial charge in [-0.05, 0) is 38.0 Å². The molecule has 26 heavy (non-hydrogen) atoms. The molecule has 0 saturated carbocycles. The molecule has 2 heterocycles. The molecule has 0 aliphatic rings. The third-order valence-electron chi connectivity index (χ3n) is 4.71. The Morgan fingerprint density at radius 1 is 1.42 bits per heavy atom. The van der Waals surface area contributed by atoms with Crippen LogP contribution in [0.5, 0.6) is 0 Å². The monoisotopic (exact) mass is 355 g/mol. The maximum Gasteiger partial charge on any atom is 0.226 e. The number of nitrogens with zero attached hydrogens (tertiary/aromatic N) is 2. The van der Waals surface area contributed by atoms with Crippen molar-refractivity contribution in [3.63, 3.8) is 0 Å². The SMILES string of the molecule is C=CCC(C)(C)C(=O)N[C@H](C)c1ccc2cc(C=O)n(CCCC)c2n1. The molecule has 2 aromatic heterocycles. The molecular weight excluding hydrogens is 326 g/mol. The van der Waals surface area contributed by atoms with E-state index in [4.69, 9.17) is 4.98 Å². The molecule has 1 amide bonds. The fourth-order valence-corrected chi connectivity index (χ4v) is 2.97. The number of amides is 1. The Morgan fingerprint density at radius 2 is 2.15 bits per heavy atom. The van der Waals surface area contributed by atoms with E-state index in [0.29, 0.717) is 12.1 Å². The van der Waals surface area contributed by atoms with Gasteiger partial charge in [-0.15, -0.1) is 6.58 Å². The number of aryl methyl sites for hydroxylation is 1. The molecule has 0 aliphatic carbocycles. The Morgan fingerprint density at radius 3 is 2.77 bits per heavy atom. The molecule has 5 nitrogen and oxygen atoms in total. The smallest absolute Gasteiger partial charge is 0.226 e. The minimum absolute atomic E-state index is 0.0262. The summed E-state index contributed by atoms with van der Waals surface area (Å²) < 4.78 is 1.96. The number of unbranched alkanes of at least 4 members (excludes halogenated alkanes) is 1. The van der Waals surface area contributed by atoms with Gasteiger partial charge in [0, 0.05) is 17.3 Å². The highest BCUT2D eigenvalue weighted by atomic mass is 16.2. The van der Waals surface area contributed by atoms with Gasteiger partial charge in [0.25, 0.3) is 0 Å². The van der Waals surface area contributed by atoms with Gasteiger partial charge >= 0.3 is 0 Å². The van der Waals surface area contributed by atoms with Crippen molar-refractivity contribution in [2.45, 2.75) is 59.5 Å². The lowest BCUT2D eigenvalue weighted by atomic mass is 9.88. The van der Waals surface area contributed by atoms with Crippen LogP contribution in [0.15, 0.2) is 30.9 Å². The third kappa shape index (κ3) is 4.21. The number of aldehydes is 1. The molecule has 0 fully saturated rings. The van der Waals surface area contributed by atoms with E-state index < -0.39 is 5.41 Å². The summed E-state index contributed by atoms with van der Waals surface area (Å²) in [4.78, 5) is 28.7. The average Bonchev–Trinajstić information content (AvgIpc) is 2.96. The highest BCUT2D eigenvalue weighted by Gasteiger charge is 2.27. The van der Waals surface area contributed by atoms with Crippen LogP contribution in [0.1, 0.15) is 69.2 Å². The van der Waals surface area contributed by atoms with Crippen LogP contribution in [-0.2, 0) is 11.3 Å². The van der Waals surface area contributed by atoms with E-state index in [0.717, 1.165) is 42.4 Å². The van der Waals surface area contributed by atoms with Crippen LogP contribution < -0.4 is 5.32 Å². The molecule has 1 atom stereocenters. The first-order valence-corrected chi connectivity index (χ1v) is 9.21. The number of rotatable bonds is 9. The van der Waals surface area contributed by atoms with Crippen molar-refractivity contribution in [2.75, 3.05) is 0 Å². The maximum atomic E-state index is 12.5. The van der Waals surface area contributed by atoms with Crippen molar-refractivity contribution in [3.8, 4) is 0 Å². The van der Waals surface area contributed by atoms with Crippen molar-refractivity contribution >= 4 is 23.2 Å². The normalized spacial score (nSPS) is 12.8. The number of carbonyl (C=O) groups is 2. The molecule has 0 aromatic carbocycles. The highest BCUT2D eigenvalue weighted by Crippen LogP contribution is 2.24. The largest absolute Gasteiger partial charge is 0.348 e. The summed E-state index contributed by atoms with van der Waals surface area (Å²) in [5, 5.41) is 3.98. The summed E-state index contributed by atoms with van der Waals surface area (Å²) in [5.74, 6) is -0.0262. The molecule has 0 bridgehead atoms. The molecule has 2 aromatic rings. The molecule has 0 saturated heterocycles. The summed E-state index contributed by atoms with van der Waals surface area (Å²) in [7, 11) is 0. The van der Waals surface area contributed by atoms with Crippen molar-refractivity contribution in [1.29, 1.82) is 0 Å². The lowest BCUT2D eigenvalue weighted by molar-refractivity contribution is -0.129. The molecule has 2 rings (SSSR count). The minimum Gasteiger partial charge on any atom is -0.348 e. The number of nitrogens with one attached hydrogen (secondary N) is 1. The van der Waals surface area contributed by atoms with Gasteiger partial charge < -0.3 is 9.88 Å². The van der Waals surface area contributed by atoms with Crippen molar-refractivity contribution < 1.29 is 9.59 Å². The molecule has 140 valence electrons. The van der Waals surface area contributed by atoms with Crippen molar-refractivity contribution in [3.05, 3.63) is 42.2 Å². The number of hydrogen-bond acceptors (Lipinski definition) is 3. The zero-order valence-corrected chi connectivity index (χ0v) is 16.2. The second-order valence-electron chi connectivity index (χ2n) is 7.41. The fraction of sp³-hybridized carbons (Fsp3) is 0.476. The predicted octanol–water partition coefficient (Wildman–Crippen LogP) is 4.43. The topological polar surface area (TPSA) is 64.0 Å². The van der Waals surface area contributed by atoms with Gasteiger partial charge in [-0.25, -0.2) is 4.98 Å². The van der Waals surface area contributed by atoms with E-state index in [9.17, 15) is 9.59 Å². The maximum absolute atomic E-state index is 12.5. The third-order valence-corrected chi connectivity index (χ3v) is 4.71. The number of hydrogen-bond donors (Lipinski definition) is 1. The molecule has 0 aliphatic heterocycles. The van der Waals surface area contributed by atoms with Crippen LogP contribution in [0.3, 0.4) is 0 Å². The summed E-state index contributed by atoms with van der Waals surface area (Å²) in [5.41, 5.74) is 1.71. The average molecular weight is 355 g/mol. The van der Waals surface area contributed by atoms with Gasteiger partial charge in [0.05, 0.1) is 17.4 Å².